The number of carbonyl (C=O) groups is 2. The number of aromatic nitrogens is 2. The summed E-state index contributed by atoms with van der Waals surface area (Å²) in [5.41, 5.74) is 3.64. The molecule has 1 amide bonds. The number of benzene rings is 2. The number of aryl methyl sites for hydroxylation is 1. The van der Waals surface area contributed by atoms with Crippen molar-refractivity contribution in [3.05, 3.63) is 65.5 Å². The topological polar surface area (TPSA) is 85.5 Å². The maximum absolute atomic E-state index is 12.1. The van der Waals surface area contributed by atoms with Crippen LogP contribution in [0.1, 0.15) is 29.8 Å². The van der Waals surface area contributed by atoms with Gasteiger partial charge >= 0.3 is 5.97 Å². The number of esters is 1. The Kier molecular flexibility index (Phi) is 5.37. The van der Waals surface area contributed by atoms with Gasteiger partial charge < -0.3 is 14.2 Å². The van der Waals surface area contributed by atoms with Crippen LogP contribution in [0, 0.1) is 6.92 Å². The molecule has 2 heterocycles. The highest BCUT2D eigenvalue weighted by molar-refractivity contribution is 5.95. The molecule has 7 nitrogen and oxygen atoms in total. The lowest BCUT2D eigenvalue weighted by atomic mass is 10.1. The normalized spacial score (nSPS) is 13.7. The average molecular weight is 391 g/mol. The van der Waals surface area contributed by atoms with Crippen molar-refractivity contribution in [3.63, 3.8) is 0 Å². The second kappa shape index (κ2) is 8.26. The molecule has 0 N–H and O–H groups in total. The molecule has 2 aromatic carbocycles. The van der Waals surface area contributed by atoms with E-state index in [4.69, 9.17) is 9.26 Å². The predicted octanol–water partition coefficient (Wildman–Crippen LogP) is 3.46. The minimum atomic E-state index is -0.378. The molecule has 0 aliphatic carbocycles. The Morgan fingerprint density at radius 2 is 1.90 bits per heavy atom. The average Bonchev–Trinajstić information content (AvgIpc) is 3.37. The Labute approximate surface area is 168 Å². The Hall–Kier alpha value is -3.48. The highest BCUT2D eigenvalue weighted by Crippen LogP contribution is 2.22. The van der Waals surface area contributed by atoms with E-state index in [0.717, 1.165) is 35.3 Å². The Morgan fingerprint density at radius 1 is 1.14 bits per heavy atom. The molecule has 148 valence electrons. The quantitative estimate of drug-likeness (QED) is 0.598. The number of ether oxygens (including phenoxy) is 1. The smallest absolute Gasteiger partial charge is 0.310 e. The number of carbonyl (C=O) groups excluding carboxylic acids is 2. The SMILES string of the molecule is Cc1ccc(-c2nc(COC(=O)Cc3ccc(N4CCCC4=O)cc3)no2)cc1. The van der Waals surface area contributed by atoms with E-state index in [0.29, 0.717) is 18.1 Å². The standard InChI is InChI=1S/C22H21N3O4/c1-15-4-8-17(9-5-15)22-23-19(24-29-22)14-28-21(27)13-16-6-10-18(11-7-16)25-12-2-3-20(25)26/h4-11H,2-3,12-14H2,1H3. The first-order valence-corrected chi connectivity index (χ1v) is 9.53. The van der Waals surface area contributed by atoms with Gasteiger partial charge in [-0.25, -0.2) is 0 Å². The van der Waals surface area contributed by atoms with Gasteiger partial charge in [-0.2, -0.15) is 4.98 Å². The fourth-order valence-corrected chi connectivity index (χ4v) is 3.20. The van der Waals surface area contributed by atoms with Crippen molar-refractivity contribution in [3.8, 4) is 11.5 Å². The molecule has 1 aromatic heterocycles. The molecular weight excluding hydrogens is 370 g/mol. The molecule has 4 rings (SSSR count). The summed E-state index contributed by atoms with van der Waals surface area (Å²) < 4.78 is 10.5. The van der Waals surface area contributed by atoms with Crippen molar-refractivity contribution in [2.24, 2.45) is 0 Å². The van der Waals surface area contributed by atoms with Crippen molar-refractivity contribution in [1.82, 2.24) is 10.1 Å². The van der Waals surface area contributed by atoms with E-state index in [2.05, 4.69) is 10.1 Å². The molecule has 7 heteroatoms. The first kappa shape index (κ1) is 18.9. The molecule has 0 unspecified atom stereocenters. The lowest BCUT2D eigenvalue weighted by molar-refractivity contribution is -0.144. The molecule has 0 atom stereocenters. The minimum Gasteiger partial charge on any atom is -0.457 e. The van der Waals surface area contributed by atoms with Gasteiger partial charge in [-0.05, 0) is 43.2 Å². The van der Waals surface area contributed by atoms with E-state index >= 15 is 0 Å². The van der Waals surface area contributed by atoms with Crippen molar-refractivity contribution in [2.45, 2.75) is 32.8 Å². The van der Waals surface area contributed by atoms with Crippen LogP contribution in [0.2, 0.25) is 0 Å². The third kappa shape index (κ3) is 4.51. The van der Waals surface area contributed by atoms with Crippen LogP contribution in [0.4, 0.5) is 5.69 Å². The predicted molar refractivity (Wildman–Crippen MR) is 106 cm³/mol. The number of rotatable bonds is 6. The van der Waals surface area contributed by atoms with Gasteiger partial charge in [0.25, 0.3) is 5.89 Å². The number of hydrogen-bond donors (Lipinski definition) is 0. The van der Waals surface area contributed by atoms with Crippen LogP contribution in [-0.2, 0) is 27.4 Å². The lowest BCUT2D eigenvalue weighted by Gasteiger charge is -2.15. The van der Waals surface area contributed by atoms with E-state index in [-0.39, 0.29) is 24.9 Å². The van der Waals surface area contributed by atoms with Crippen LogP contribution < -0.4 is 4.90 Å². The number of anilines is 1. The van der Waals surface area contributed by atoms with Crippen molar-refractivity contribution >= 4 is 17.6 Å². The zero-order chi connectivity index (χ0) is 20.2. The summed E-state index contributed by atoms with van der Waals surface area (Å²) >= 11 is 0. The van der Waals surface area contributed by atoms with E-state index in [1.54, 1.807) is 4.90 Å². The second-order valence-electron chi connectivity index (χ2n) is 7.03. The third-order valence-corrected chi connectivity index (χ3v) is 4.80. The van der Waals surface area contributed by atoms with E-state index in [9.17, 15) is 9.59 Å². The number of hydrogen-bond acceptors (Lipinski definition) is 6. The van der Waals surface area contributed by atoms with E-state index in [1.165, 1.54) is 0 Å². The van der Waals surface area contributed by atoms with Crippen molar-refractivity contribution in [2.75, 3.05) is 11.4 Å². The van der Waals surface area contributed by atoms with Crippen LogP contribution in [-0.4, -0.2) is 28.6 Å². The Morgan fingerprint density at radius 3 is 2.59 bits per heavy atom. The zero-order valence-electron chi connectivity index (χ0n) is 16.1. The number of nitrogens with zero attached hydrogens (tertiary/aromatic N) is 3. The molecule has 0 spiro atoms. The maximum atomic E-state index is 12.1. The number of amides is 1. The molecular formula is C22H21N3O4. The first-order valence-electron chi connectivity index (χ1n) is 9.53. The van der Waals surface area contributed by atoms with E-state index in [1.807, 2.05) is 55.5 Å². The summed E-state index contributed by atoms with van der Waals surface area (Å²) in [6, 6.07) is 15.1. The molecule has 0 bridgehead atoms. The molecule has 0 saturated carbocycles. The molecule has 1 aliphatic rings. The third-order valence-electron chi connectivity index (χ3n) is 4.80. The van der Waals surface area contributed by atoms with Gasteiger partial charge in [0.1, 0.15) is 0 Å². The van der Waals surface area contributed by atoms with Crippen LogP contribution >= 0.6 is 0 Å². The van der Waals surface area contributed by atoms with Gasteiger partial charge in [-0.15, -0.1) is 0 Å². The summed E-state index contributed by atoms with van der Waals surface area (Å²) in [6.45, 7) is 2.70. The largest absolute Gasteiger partial charge is 0.457 e. The van der Waals surface area contributed by atoms with Gasteiger partial charge in [-0.3, -0.25) is 9.59 Å². The fraction of sp³-hybridized carbons (Fsp3) is 0.273. The van der Waals surface area contributed by atoms with E-state index < -0.39 is 0 Å². The Bertz CT molecular complexity index is 1010. The second-order valence-corrected chi connectivity index (χ2v) is 7.03. The summed E-state index contributed by atoms with van der Waals surface area (Å²) in [5.74, 6) is 0.471. The molecule has 1 fully saturated rings. The fourth-order valence-electron chi connectivity index (χ4n) is 3.20. The molecule has 0 radical (unpaired) electrons. The molecule has 1 saturated heterocycles. The van der Waals surface area contributed by atoms with Crippen LogP contribution in [0.15, 0.2) is 53.1 Å². The first-order chi connectivity index (χ1) is 14.1. The van der Waals surface area contributed by atoms with Crippen molar-refractivity contribution < 1.29 is 18.8 Å². The van der Waals surface area contributed by atoms with Gasteiger partial charge in [0.05, 0.1) is 6.42 Å². The van der Waals surface area contributed by atoms with Gasteiger partial charge in [0.15, 0.2) is 6.61 Å². The van der Waals surface area contributed by atoms with Crippen LogP contribution in [0.5, 0.6) is 0 Å². The van der Waals surface area contributed by atoms with Gasteiger partial charge in [0, 0.05) is 24.2 Å². The summed E-state index contributed by atoms with van der Waals surface area (Å²) in [5, 5.41) is 3.86. The highest BCUT2D eigenvalue weighted by atomic mass is 16.5. The summed E-state index contributed by atoms with van der Waals surface area (Å²) in [7, 11) is 0. The van der Waals surface area contributed by atoms with Crippen LogP contribution in [0.25, 0.3) is 11.5 Å². The highest BCUT2D eigenvalue weighted by Gasteiger charge is 2.21. The molecule has 29 heavy (non-hydrogen) atoms. The molecule has 1 aliphatic heterocycles. The van der Waals surface area contributed by atoms with Crippen LogP contribution in [0.3, 0.4) is 0 Å². The minimum absolute atomic E-state index is 0.0471. The monoisotopic (exact) mass is 391 g/mol. The zero-order valence-corrected chi connectivity index (χ0v) is 16.1. The summed E-state index contributed by atoms with van der Waals surface area (Å²) in [6.07, 6.45) is 1.61. The lowest BCUT2D eigenvalue weighted by Crippen LogP contribution is -2.23. The maximum Gasteiger partial charge on any atom is 0.310 e. The summed E-state index contributed by atoms with van der Waals surface area (Å²) in [4.78, 5) is 29.9. The molecule has 3 aromatic rings. The van der Waals surface area contributed by atoms with Gasteiger partial charge in [0.2, 0.25) is 11.7 Å². The van der Waals surface area contributed by atoms with Gasteiger partial charge in [-0.1, -0.05) is 35.0 Å². The van der Waals surface area contributed by atoms with Crippen molar-refractivity contribution in [1.29, 1.82) is 0 Å². The Balaban J connectivity index is 1.30.